The Morgan fingerprint density at radius 1 is 1.08 bits per heavy atom. The van der Waals surface area contributed by atoms with E-state index in [2.05, 4.69) is 10.3 Å². The number of hydrogen-bond acceptors (Lipinski definition) is 4. The van der Waals surface area contributed by atoms with E-state index in [1.165, 1.54) is 0 Å². The van der Waals surface area contributed by atoms with Crippen LogP contribution in [0.1, 0.15) is 15.9 Å². The third-order valence-electron chi connectivity index (χ3n) is 3.68. The van der Waals surface area contributed by atoms with Gasteiger partial charge in [0.05, 0.1) is 17.7 Å². The normalized spacial score (nSPS) is 10.2. The van der Waals surface area contributed by atoms with Crippen LogP contribution in [0.5, 0.6) is 11.5 Å². The smallest absolute Gasteiger partial charge is 0.257 e. The first-order valence-corrected chi connectivity index (χ1v) is 8.31. The molecule has 132 valence electrons. The first-order valence-electron chi connectivity index (χ1n) is 7.93. The number of ether oxygens (including phenoxy) is 2. The topological polar surface area (TPSA) is 60.5 Å². The first kappa shape index (κ1) is 17.8. The quantitative estimate of drug-likeness (QED) is 0.692. The minimum absolute atomic E-state index is 0.291. The average molecular weight is 369 g/mol. The summed E-state index contributed by atoms with van der Waals surface area (Å²) in [5.74, 6) is 0.817. The lowest BCUT2D eigenvalue weighted by Gasteiger charge is -2.13. The molecule has 0 unspecified atom stereocenters. The second kappa shape index (κ2) is 8.36. The average Bonchev–Trinajstić information content (AvgIpc) is 2.67. The van der Waals surface area contributed by atoms with E-state index in [-0.39, 0.29) is 5.91 Å². The molecule has 0 aliphatic rings. The highest BCUT2D eigenvalue weighted by Gasteiger charge is 2.12. The van der Waals surface area contributed by atoms with Crippen LogP contribution in [-0.2, 0) is 6.61 Å². The summed E-state index contributed by atoms with van der Waals surface area (Å²) in [5, 5.41) is 3.22. The van der Waals surface area contributed by atoms with Gasteiger partial charge in [0, 0.05) is 24.1 Å². The van der Waals surface area contributed by atoms with Crippen LogP contribution < -0.4 is 14.8 Å². The number of halogens is 1. The van der Waals surface area contributed by atoms with Crippen molar-refractivity contribution in [3.8, 4) is 11.5 Å². The van der Waals surface area contributed by atoms with Crippen molar-refractivity contribution in [1.29, 1.82) is 0 Å². The SMILES string of the molecule is COc1ccc(NC(=O)c2ccccc2Cl)cc1OCc1ccncc1. The van der Waals surface area contributed by atoms with Crippen LogP contribution >= 0.6 is 11.6 Å². The van der Waals surface area contributed by atoms with Crippen LogP contribution in [0.2, 0.25) is 5.02 Å². The van der Waals surface area contributed by atoms with Crippen molar-refractivity contribution in [2.24, 2.45) is 0 Å². The summed E-state index contributed by atoms with van der Waals surface area (Å²) in [5.41, 5.74) is 1.97. The number of aromatic nitrogens is 1. The lowest BCUT2D eigenvalue weighted by molar-refractivity contribution is 0.102. The molecular weight excluding hydrogens is 352 g/mol. The molecule has 1 amide bonds. The summed E-state index contributed by atoms with van der Waals surface area (Å²) >= 11 is 6.07. The van der Waals surface area contributed by atoms with Gasteiger partial charge in [0.25, 0.3) is 5.91 Å². The maximum atomic E-state index is 12.4. The Bertz CT molecular complexity index is 901. The van der Waals surface area contributed by atoms with Crippen LogP contribution in [-0.4, -0.2) is 18.0 Å². The third kappa shape index (κ3) is 4.32. The lowest BCUT2D eigenvalue weighted by Crippen LogP contribution is -2.12. The fourth-order valence-electron chi connectivity index (χ4n) is 2.35. The van der Waals surface area contributed by atoms with Crippen molar-refractivity contribution >= 4 is 23.2 Å². The summed E-state index contributed by atoms with van der Waals surface area (Å²) in [7, 11) is 1.57. The van der Waals surface area contributed by atoms with E-state index < -0.39 is 0 Å². The van der Waals surface area contributed by atoms with Crippen LogP contribution in [0.25, 0.3) is 0 Å². The zero-order valence-electron chi connectivity index (χ0n) is 14.1. The van der Waals surface area contributed by atoms with Crippen molar-refractivity contribution in [2.45, 2.75) is 6.61 Å². The molecule has 0 saturated carbocycles. The molecule has 0 spiro atoms. The number of methoxy groups -OCH3 is 1. The van der Waals surface area contributed by atoms with Crippen LogP contribution in [0, 0.1) is 0 Å². The number of amides is 1. The Balaban J connectivity index is 1.76. The Kier molecular flexibility index (Phi) is 5.71. The minimum atomic E-state index is -0.291. The van der Waals surface area contributed by atoms with Gasteiger partial charge >= 0.3 is 0 Å². The van der Waals surface area contributed by atoms with Gasteiger partial charge in [-0.3, -0.25) is 9.78 Å². The number of anilines is 1. The third-order valence-corrected chi connectivity index (χ3v) is 4.01. The molecule has 0 aliphatic heterocycles. The number of carbonyl (C=O) groups excluding carboxylic acids is 1. The second-order valence-corrected chi connectivity index (χ2v) is 5.85. The second-order valence-electron chi connectivity index (χ2n) is 5.44. The van der Waals surface area contributed by atoms with E-state index in [0.29, 0.717) is 34.4 Å². The molecule has 0 saturated heterocycles. The first-order chi connectivity index (χ1) is 12.7. The van der Waals surface area contributed by atoms with Gasteiger partial charge in [0.2, 0.25) is 0 Å². The summed E-state index contributed by atoms with van der Waals surface area (Å²) in [6.45, 7) is 0.362. The molecule has 1 N–H and O–H groups in total. The molecular formula is C20H17ClN2O3. The fourth-order valence-corrected chi connectivity index (χ4v) is 2.57. The maximum absolute atomic E-state index is 12.4. The molecule has 0 atom stereocenters. The molecule has 2 aromatic carbocycles. The molecule has 0 aliphatic carbocycles. The molecule has 3 aromatic rings. The molecule has 6 heteroatoms. The molecule has 1 aromatic heterocycles. The highest BCUT2D eigenvalue weighted by atomic mass is 35.5. The zero-order valence-corrected chi connectivity index (χ0v) is 14.9. The molecule has 26 heavy (non-hydrogen) atoms. The van der Waals surface area contributed by atoms with E-state index >= 15 is 0 Å². The number of pyridine rings is 1. The maximum Gasteiger partial charge on any atom is 0.257 e. The van der Waals surface area contributed by atoms with E-state index in [1.54, 1.807) is 62.0 Å². The molecule has 0 fully saturated rings. The Morgan fingerprint density at radius 2 is 1.85 bits per heavy atom. The zero-order chi connectivity index (χ0) is 18.4. The van der Waals surface area contributed by atoms with Crippen molar-refractivity contribution < 1.29 is 14.3 Å². The van der Waals surface area contributed by atoms with Crippen LogP contribution in [0.3, 0.4) is 0 Å². The predicted octanol–water partition coefficient (Wildman–Crippen LogP) is 4.57. The Labute approximate surface area is 156 Å². The summed E-state index contributed by atoms with van der Waals surface area (Å²) in [6, 6.07) is 15.8. The minimum Gasteiger partial charge on any atom is -0.493 e. The van der Waals surface area contributed by atoms with E-state index in [9.17, 15) is 4.79 Å². The molecule has 0 radical (unpaired) electrons. The van der Waals surface area contributed by atoms with Gasteiger partial charge < -0.3 is 14.8 Å². The molecule has 3 rings (SSSR count). The Hall–Kier alpha value is -3.05. The molecule has 1 heterocycles. The van der Waals surface area contributed by atoms with Crippen molar-refractivity contribution in [2.75, 3.05) is 12.4 Å². The highest BCUT2D eigenvalue weighted by molar-refractivity contribution is 6.34. The largest absolute Gasteiger partial charge is 0.493 e. The van der Waals surface area contributed by atoms with Crippen LogP contribution in [0.15, 0.2) is 67.0 Å². The number of benzene rings is 2. The predicted molar refractivity (Wildman–Crippen MR) is 101 cm³/mol. The van der Waals surface area contributed by atoms with Gasteiger partial charge in [-0.25, -0.2) is 0 Å². The molecule has 5 nitrogen and oxygen atoms in total. The summed E-state index contributed by atoms with van der Waals surface area (Å²) < 4.78 is 11.2. The van der Waals surface area contributed by atoms with Crippen molar-refractivity contribution in [1.82, 2.24) is 4.98 Å². The van der Waals surface area contributed by atoms with E-state index in [0.717, 1.165) is 5.56 Å². The summed E-state index contributed by atoms with van der Waals surface area (Å²) in [4.78, 5) is 16.4. The number of carbonyl (C=O) groups is 1. The van der Waals surface area contributed by atoms with Gasteiger partial charge in [0.15, 0.2) is 11.5 Å². The van der Waals surface area contributed by atoms with E-state index in [4.69, 9.17) is 21.1 Å². The van der Waals surface area contributed by atoms with Crippen LogP contribution in [0.4, 0.5) is 5.69 Å². The number of nitrogens with one attached hydrogen (secondary N) is 1. The Morgan fingerprint density at radius 3 is 2.58 bits per heavy atom. The fraction of sp³-hybridized carbons (Fsp3) is 0.100. The van der Waals surface area contributed by atoms with Gasteiger partial charge in [-0.15, -0.1) is 0 Å². The standard InChI is InChI=1S/C20H17ClN2O3/c1-25-18-7-6-15(23-20(24)16-4-2-3-5-17(16)21)12-19(18)26-13-14-8-10-22-11-9-14/h2-12H,13H2,1H3,(H,23,24). The highest BCUT2D eigenvalue weighted by Crippen LogP contribution is 2.31. The van der Waals surface area contributed by atoms with Gasteiger partial charge in [-0.1, -0.05) is 23.7 Å². The van der Waals surface area contributed by atoms with Crippen molar-refractivity contribution in [3.05, 3.63) is 83.1 Å². The van der Waals surface area contributed by atoms with Gasteiger partial charge in [-0.05, 0) is 42.0 Å². The number of hydrogen-bond donors (Lipinski definition) is 1. The van der Waals surface area contributed by atoms with Gasteiger partial charge in [0.1, 0.15) is 6.61 Å². The van der Waals surface area contributed by atoms with E-state index in [1.807, 2.05) is 12.1 Å². The van der Waals surface area contributed by atoms with Crippen molar-refractivity contribution in [3.63, 3.8) is 0 Å². The monoisotopic (exact) mass is 368 g/mol. The summed E-state index contributed by atoms with van der Waals surface area (Å²) in [6.07, 6.45) is 3.41. The lowest BCUT2D eigenvalue weighted by atomic mass is 10.2. The number of nitrogens with zero attached hydrogens (tertiary/aromatic N) is 1. The number of rotatable bonds is 6. The van der Waals surface area contributed by atoms with Gasteiger partial charge in [-0.2, -0.15) is 0 Å². The molecule has 0 bridgehead atoms.